The van der Waals surface area contributed by atoms with Crippen molar-refractivity contribution in [2.24, 2.45) is 7.05 Å². The molecular formula is C13H12BrF3N2O. The summed E-state index contributed by atoms with van der Waals surface area (Å²) in [5.74, 6) is -0.261. The number of nitrogens with one attached hydrogen (secondary N) is 1. The molecular weight excluding hydrogens is 337 g/mol. The number of anilines is 1. The highest BCUT2D eigenvalue weighted by Gasteiger charge is 2.31. The van der Waals surface area contributed by atoms with E-state index in [1.807, 2.05) is 30.1 Å². The van der Waals surface area contributed by atoms with Crippen molar-refractivity contribution in [3.63, 3.8) is 0 Å². The molecule has 0 atom stereocenters. The predicted molar refractivity (Wildman–Crippen MR) is 73.6 cm³/mol. The smallest absolute Gasteiger partial charge is 0.405 e. The number of aryl methyl sites for hydroxylation is 1. The molecule has 7 heteroatoms. The highest BCUT2D eigenvalue weighted by atomic mass is 79.9. The van der Waals surface area contributed by atoms with Crippen molar-refractivity contribution < 1.29 is 17.9 Å². The van der Waals surface area contributed by atoms with E-state index in [2.05, 4.69) is 26.0 Å². The molecule has 1 heterocycles. The van der Waals surface area contributed by atoms with Crippen molar-refractivity contribution in [2.75, 3.05) is 5.32 Å². The standard InChI is InChI=1S/C13H12BrF3N2O/c1-19-5-4-9(8-19)7-18-10-2-3-12(11(14)6-10)20-13(15,16)17/h2-6,8,18H,7H2,1H3. The Kier molecular flexibility index (Phi) is 4.27. The van der Waals surface area contributed by atoms with E-state index < -0.39 is 6.36 Å². The van der Waals surface area contributed by atoms with Crippen LogP contribution >= 0.6 is 15.9 Å². The average molecular weight is 349 g/mol. The molecule has 3 nitrogen and oxygen atoms in total. The van der Waals surface area contributed by atoms with Gasteiger partial charge in [-0.2, -0.15) is 0 Å². The van der Waals surface area contributed by atoms with E-state index in [1.54, 1.807) is 6.07 Å². The molecule has 108 valence electrons. The molecule has 0 radical (unpaired) electrons. The van der Waals surface area contributed by atoms with E-state index in [4.69, 9.17) is 0 Å². The molecule has 1 aromatic heterocycles. The van der Waals surface area contributed by atoms with Gasteiger partial charge in [0.05, 0.1) is 4.47 Å². The van der Waals surface area contributed by atoms with Crippen LogP contribution < -0.4 is 10.1 Å². The molecule has 1 aromatic carbocycles. The molecule has 0 fully saturated rings. The molecule has 0 bridgehead atoms. The van der Waals surface area contributed by atoms with Crippen molar-refractivity contribution >= 4 is 21.6 Å². The van der Waals surface area contributed by atoms with E-state index in [0.717, 1.165) is 5.56 Å². The second kappa shape index (κ2) is 5.78. The number of alkyl halides is 3. The fourth-order valence-corrected chi connectivity index (χ4v) is 2.15. The lowest BCUT2D eigenvalue weighted by molar-refractivity contribution is -0.274. The third-order valence-electron chi connectivity index (χ3n) is 2.55. The van der Waals surface area contributed by atoms with E-state index in [9.17, 15) is 13.2 Å². The van der Waals surface area contributed by atoms with Crippen molar-refractivity contribution in [2.45, 2.75) is 12.9 Å². The lowest BCUT2D eigenvalue weighted by Crippen LogP contribution is -2.17. The number of hydrogen-bond donors (Lipinski definition) is 1. The zero-order chi connectivity index (χ0) is 14.8. The first-order chi connectivity index (χ1) is 9.33. The fraction of sp³-hybridized carbons (Fsp3) is 0.231. The van der Waals surface area contributed by atoms with E-state index in [-0.39, 0.29) is 10.2 Å². The van der Waals surface area contributed by atoms with Crippen LogP contribution in [0.2, 0.25) is 0 Å². The first-order valence-electron chi connectivity index (χ1n) is 5.73. The number of halogens is 4. The number of benzene rings is 1. The Morgan fingerprint density at radius 1 is 1.30 bits per heavy atom. The van der Waals surface area contributed by atoms with Gasteiger partial charge in [-0.1, -0.05) is 0 Å². The highest BCUT2D eigenvalue weighted by Crippen LogP contribution is 2.32. The number of nitrogens with zero attached hydrogens (tertiary/aromatic N) is 1. The third-order valence-corrected chi connectivity index (χ3v) is 3.17. The predicted octanol–water partition coefficient (Wildman–Crippen LogP) is 4.30. The molecule has 0 spiro atoms. The minimum atomic E-state index is -4.69. The first-order valence-corrected chi connectivity index (χ1v) is 6.53. The van der Waals surface area contributed by atoms with Crippen molar-refractivity contribution in [1.82, 2.24) is 4.57 Å². The van der Waals surface area contributed by atoms with E-state index in [1.165, 1.54) is 12.1 Å². The fourth-order valence-electron chi connectivity index (χ4n) is 1.69. The van der Waals surface area contributed by atoms with Gasteiger partial charge in [-0.05, 0) is 45.8 Å². The Balaban J connectivity index is 2.01. The molecule has 2 rings (SSSR count). The van der Waals surface area contributed by atoms with Crippen LogP contribution in [-0.4, -0.2) is 10.9 Å². The highest BCUT2D eigenvalue weighted by molar-refractivity contribution is 9.10. The summed E-state index contributed by atoms with van der Waals surface area (Å²) >= 11 is 3.06. The average Bonchev–Trinajstić information content (AvgIpc) is 2.74. The molecule has 0 saturated carbocycles. The maximum atomic E-state index is 12.1. The quantitative estimate of drug-likeness (QED) is 0.891. The summed E-state index contributed by atoms with van der Waals surface area (Å²) < 4.78 is 42.4. The van der Waals surface area contributed by atoms with Crippen LogP contribution in [0.4, 0.5) is 18.9 Å². The van der Waals surface area contributed by atoms with Gasteiger partial charge in [0, 0.05) is 31.7 Å². The van der Waals surface area contributed by atoms with Gasteiger partial charge in [0.2, 0.25) is 0 Å². The summed E-state index contributed by atoms with van der Waals surface area (Å²) in [5.41, 5.74) is 1.79. The Morgan fingerprint density at radius 2 is 2.05 bits per heavy atom. The molecule has 0 unspecified atom stereocenters. The van der Waals surface area contributed by atoms with Gasteiger partial charge in [0.15, 0.2) is 0 Å². The molecule has 0 saturated heterocycles. The SMILES string of the molecule is Cn1ccc(CNc2ccc(OC(F)(F)F)c(Br)c2)c1. The summed E-state index contributed by atoms with van der Waals surface area (Å²) in [6.07, 6.45) is -0.808. The normalized spacial score (nSPS) is 11.4. The lowest BCUT2D eigenvalue weighted by atomic mass is 10.3. The molecule has 1 N–H and O–H groups in total. The van der Waals surface area contributed by atoms with E-state index in [0.29, 0.717) is 12.2 Å². The zero-order valence-corrected chi connectivity index (χ0v) is 12.1. The summed E-state index contributed by atoms with van der Waals surface area (Å²) in [6.45, 7) is 0.590. The molecule has 20 heavy (non-hydrogen) atoms. The van der Waals surface area contributed by atoms with Crippen LogP contribution in [0.15, 0.2) is 41.1 Å². The van der Waals surface area contributed by atoms with Crippen molar-refractivity contribution in [3.8, 4) is 5.75 Å². The largest absolute Gasteiger partial charge is 0.573 e. The third kappa shape index (κ3) is 4.19. The molecule has 0 aliphatic carbocycles. The minimum absolute atomic E-state index is 0.243. The molecule has 0 amide bonds. The molecule has 0 aliphatic heterocycles. The van der Waals surface area contributed by atoms with Gasteiger partial charge in [0.25, 0.3) is 0 Å². The summed E-state index contributed by atoms with van der Waals surface area (Å²) in [7, 11) is 1.92. The first kappa shape index (κ1) is 14.8. The number of ether oxygens (including phenoxy) is 1. The Bertz CT molecular complexity index is 596. The van der Waals surface area contributed by atoms with Crippen molar-refractivity contribution in [1.29, 1.82) is 0 Å². The van der Waals surface area contributed by atoms with Gasteiger partial charge < -0.3 is 14.6 Å². The topological polar surface area (TPSA) is 26.2 Å². The Morgan fingerprint density at radius 3 is 2.60 bits per heavy atom. The summed E-state index contributed by atoms with van der Waals surface area (Å²) in [4.78, 5) is 0. The van der Waals surface area contributed by atoms with Crippen molar-refractivity contribution in [3.05, 3.63) is 46.7 Å². The van der Waals surface area contributed by atoms with Gasteiger partial charge in [-0.15, -0.1) is 13.2 Å². The number of aromatic nitrogens is 1. The molecule has 0 aliphatic rings. The van der Waals surface area contributed by atoms with Gasteiger partial charge in [-0.3, -0.25) is 0 Å². The minimum Gasteiger partial charge on any atom is -0.405 e. The van der Waals surface area contributed by atoms with E-state index >= 15 is 0 Å². The lowest BCUT2D eigenvalue weighted by Gasteiger charge is -2.12. The van der Waals surface area contributed by atoms with Gasteiger partial charge >= 0.3 is 6.36 Å². The number of rotatable bonds is 4. The van der Waals surface area contributed by atoms with Gasteiger partial charge in [-0.25, -0.2) is 0 Å². The Hall–Kier alpha value is -1.63. The van der Waals surface area contributed by atoms with Crippen LogP contribution in [0.25, 0.3) is 0 Å². The van der Waals surface area contributed by atoms with Crippen LogP contribution in [0, 0.1) is 0 Å². The zero-order valence-electron chi connectivity index (χ0n) is 10.5. The van der Waals surface area contributed by atoms with Gasteiger partial charge in [0.1, 0.15) is 5.75 Å². The summed E-state index contributed by atoms with van der Waals surface area (Å²) in [6, 6.07) is 6.31. The monoisotopic (exact) mass is 348 g/mol. The van der Waals surface area contributed by atoms with Crippen LogP contribution in [0.5, 0.6) is 5.75 Å². The maximum Gasteiger partial charge on any atom is 0.573 e. The second-order valence-corrected chi connectivity index (χ2v) is 5.09. The second-order valence-electron chi connectivity index (χ2n) is 4.23. The van der Waals surface area contributed by atoms with Crippen LogP contribution in [0.1, 0.15) is 5.56 Å². The summed E-state index contributed by atoms with van der Waals surface area (Å²) in [5, 5.41) is 3.13. The Labute approximate surface area is 122 Å². The van der Waals surface area contributed by atoms with Crippen LogP contribution in [0.3, 0.4) is 0 Å². The number of hydrogen-bond acceptors (Lipinski definition) is 2. The molecule has 2 aromatic rings. The maximum absolute atomic E-state index is 12.1. The van der Waals surface area contributed by atoms with Crippen LogP contribution in [-0.2, 0) is 13.6 Å².